The first-order chi connectivity index (χ1) is 6.06. The Hall–Kier alpha value is 0.150. The lowest BCUT2D eigenvalue weighted by Gasteiger charge is -2.06. The summed E-state index contributed by atoms with van der Waals surface area (Å²) in [4.78, 5) is 3.70. The average Bonchev–Trinajstić information content (AvgIpc) is 2.08. The molecule has 72 valence electrons. The molecule has 0 spiro atoms. The summed E-state index contributed by atoms with van der Waals surface area (Å²) in [5.74, 6) is -0.708. The van der Waals surface area contributed by atoms with Crippen LogP contribution in [0.25, 0.3) is 0 Å². The summed E-state index contributed by atoms with van der Waals surface area (Å²) in [5.41, 5.74) is -0.171. The molecular weight excluding hydrogens is 362 g/mol. The summed E-state index contributed by atoms with van der Waals surface area (Å²) in [6.07, 6.45) is -2.69. The molecule has 0 radical (unpaired) electrons. The third kappa shape index (κ3) is 2.55. The van der Waals surface area contributed by atoms with Crippen LogP contribution in [0.4, 0.5) is 13.2 Å². The molecule has 0 bridgehead atoms. The van der Waals surface area contributed by atoms with E-state index in [2.05, 4.69) is 20.9 Å². The van der Waals surface area contributed by atoms with E-state index in [1.54, 1.807) is 22.6 Å². The van der Waals surface area contributed by atoms with Crippen LogP contribution in [0.5, 0.6) is 0 Å². The Kier molecular flexibility index (Phi) is 3.96. The number of hydrogen-bond donors (Lipinski definition) is 0. The highest BCUT2D eigenvalue weighted by atomic mass is 127. The van der Waals surface area contributed by atoms with Crippen LogP contribution in [-0.4, -0.2) is 4.98 Å². The number of halogens is 5. The van der Waals surface area contributed by atoms with Crippen LogP contribution >= 0.6 is 38.5 Å². The standard InChI is InChI=1S/C7H4BrF3IN/c8-2-5-3(6(10)11)1-4(9)7(12)13-5/h1,6H,2H2. The molecule has 0 amide bonds. The first kappa shape index (κ1) is 11.2. The second kappa shape index (κ2) is 4.59. The topological polar surface area (TPSA) is 12.9 Å². The molecule has 6 heteroatoms. The van der Waals surface area contributed by atoms with Gasteiger partial charge in [-0.1, -0.05) is 15.9 Å². The fourth-order valence-corrected chi connectivity index (χ4v) is 1.71. The van der Waals surface area contributed by atoms with Crippen molar-refractivity contribution in [3.05, 3.63) is 26.8 Å². The first-order valence-electron chi connectivity index (χ1n) is 3.25. The van der Waals surface area contributed by atoms with Crippen molar-refractivity contribution in [1.29, 1.82) is 0 Å². The Morgan fingerprint density at radius 1 is 1.54 bits per heavy atom. The zero-order valence-corrected chi connectivity index (χ0v) is 9.94. The molecule has 0 unspecified atom stereocenters. The molecule has 1 heterocycles. The van der Waals surface area contributed by atoms with Crippen LogP contribution in [0, 0.1) is 9.52 Å². The summed E-state index contributed by atoms with van der Waals surface area (Å²) < 4.78 is 37.5. The van der Waals surface area contributed by atoms with Gasteiger partial charge in [-0.2, -0.15) is 0 Å². The van der Waals surface area contributed by atoms with Crippen LogP contribution in [0.3, 0.4) is 0 Å². The van der Waals surface area contributed by atoms with Crippen molar-refractivity contribution in [2.24, 2.45) is 0 Å². The number of nitrogens with zero attached hydrogens (tertiary/aromatic N) is 1. The lowest BCUT2D eigenvalue weighted by atomic mass is 10.2. The molecule has 1 aromatic heterocycles. The minimum atomic E-state index is -2.69. The van der Waals surface area contributed by atoms with Crippen LogP contribution in [-0.2, 0) is 5.33 Å². The Morgan fingerprint density at radius 3 is 2.62 bits per heavy atom. The largest absolute Gasteiger partial charge is 0.265 e. The monoisotopic (exact) mass is 365 g/mol. The normalized spacial score (nSPS) is 10.9. The molecule has 0 aliphatic rings. The number of alkyl halides is 3. The summed E-state index contributed by atoms with van der Waals surface area (Å²) >= 11 is 4.68. The number of aromatic nitrogens is 1. The van der Waals surface area contributed by atoms with Gasteiger partial charge in [0.2, 0.25) is 0 Å². The maximum absolute atomic E-state index is 12.8. The highest BCUT2D eigenvalue weighted by Crippen LogP contribution is 2.25. The van der Waals surface area contributed by atoms with Crippen molar-refractivity contribution in [3.63, 3.8) is 0 Å². The van der Waals surface area contributed by atoms with E-state index in [-0.39, 0.29) is 20.3 Å². The van der Waals surface area contributed by atoms with Crippen molar-refractivity contribution in [2.45, 2.75) is 11.8 Å². The van der Waals surface area contributed by atoms with Gasteiger partial charge in [0, 0.05) is 10.9 Å². The molecule has 0 saturated carbocycles. The molecular formula is C7H4BrF3IN. The highest BCUT2D eigenvalue weighted by molar-refractivity contribution is 14.1. The molecule has 0 saturated heterocycles. The minimum Gasteiger partial charge on any atom is -0.242 e. The van der Waals surface area contributed by atoms with Crippen LogP contribution in [0.2, 0.25) is 0 Å². The molecule has 0 aliphatic heterocycles. The highest BCUT2D eigenvalue weighted by Gasteiger charge is 2.16. The van der Waals surface area contributed by atoms with E-state index < -0.39 is 12.2 Å². The average molecular weight is 366 g/mol. The SMILES string of the molecule is Fc1cc(C(F)F)c(CBr)nc1I. The Balaban J connectivity index is 3.25. The maximum Gasteiger partial charge on any atom is 0.265 e. The second-order valence-corrected chi connectivity index (χ2v) is 3.81. The van der Waals surface area contributed by atoms with Crippen LogP contribution in [0.1, 0.15) is 17.7 Å². The Morgan fingerprint density at radius 2 is 2.15 bits per heavy atom. The van der Waals surface area contributed by atoms with Gasteiger partial charge in [-0.3, -0.25) is 0 Å². The van der Waals surface area contributed by atoms with Gasteiger partial charge in [0.15, 0.2) is 5.82 Å². The zero-order valence-electron chi connectivity index (χ0n) is 6.20. The van der Waals surface area contributed by atoms with E-state index in [0.29, 0.717) is 0 Å². The van der Waals surface area contributed by atoms with Crippen molar-refractivity contribution >= 4 is 38.5 Å². The van der Waals surface area contributed by atoms with Gasteiger partial charge in [-0.05, 0) is 28.7 Å². The summed E-state index contributed by atoms with van der Waals surface area (Å²) in [7, 11) is 0. The predicted molar refractivity (Wildman–Crippen MR) is 54.5 cm³/mol. The quantitative estimate of drug-likeness (QED) is 0.443. The molecule has 0 N–H and O–H groups in total. The van der Waals surface area contributed by atoms with Gasteiger partial charge in [-0.25, -0.2) is 18.2 Å². The van der Waals surface area contributed by atoms with E-state index in [1.165, 1.54) is 0 Å². The van der Waals surface area contributed by atoms with Crippen LogP contribution in [0.15, 0.2) is 6.07 Å². The molecule has 1 aromatic rings. The summed E-state index contributed by atoms with van der Waals surface area (Å²) in [6, 6.07) is 0.829. The van der Waals surface area contributed by atoms with E-state index in [9.17, 15) is 13.2 Å². The van der Waals surface area contributed by atoms with E-state index in [0.717, 1.165) is 6.07 Å². The molecule has 1 nitrogen and oxygen atoms in total. The lowest BCUT2D eigenvalue weighted by Crippen LogP contribution is -2.00. The molecule has 0 aromatic carbocycles. The van der Waals surface area contributed by atoms with Gasteiger partial charge >= 0.3 is 0 Å². The van der Waals surface area contributed by atoms with Crippen LogP contribution < -0.4 is 0 Å². The predicted octanol–water partition coefficient (Wildman–Crippen LogP) is 3.66. The molecule has 13 heavy (non-hydrogen) atoms. The molecule has 0 atom stereocenters. The van der Waals surface area contributed by atoms with Gasteiger partial charge in [0.25, 0.3) is 6.43 Å². The Bertz CT molecular complexity index is 319. The van der Waals surface area contributed by atoms with Gasteiger partial charge in [0.1, 0.15) is 3.70 Å². The molecule has 0 fully saturated rings. The Labute approximate surface area is 95.0 Å². The lowest BCUT2D eigenvalue weighted by molar-refractivity contribution is 0.149. The minimum absolute atomic E-state index is 0.108. The van der Waals surface area contributed by atoms with Gasteiger partial charge in [-0.15, -0.1) is 0 Å². The fraction of sp³-hybridized carbons (Fsp3) is 0.286. The second-order valence-electron chi connectivity index (χ2n) is 2.23. The van der Waals surface area contributed by atoms with Gasteiger partial charge < -0.3 is 0 Å². The summed E-state index contributed by atoms with van der Waals surface area (Å²) in [6.45, 7) is 0. The van der Waals surface area contributed by atoms with E-state index in [1.807, 2.05) is 0 Å². The van der Waals surface area contributed by atoms with E-state index >= 15 is 0 Å². The summed E-state index contributed by atoms with van der Waals surface area (Å²) in [5, 5.41) is 0.197. The third-order valence-corrected chi connectivity index (χ3v) is 2.69. The third-order valence-electron chi connectivity index (χ3n) is 1.41. The molecule has 1 rings (SSSR count). The zero-order chi connectivity index (χ0) is 10.0. The first-order valence-corrected chi connectivity index (χ1v) is 5.45. The number of pyridine rings is 1. The van der Waals surface area contributed by atoms with Crippen molar-refractivity contribution in [2.75, 3.05) is 0 Å². The van der Waals surface area contributed by atoms with Crippen molar-refractivity contribution in [1.82, 2.24) is 4.98 Å². The van der Waals surface area contributed by atoms with Crippen molar-refractivity contribution < 1.29 is 13.2 Å². The molecule has 0 aliphatic carbocycles. The van der Waals surface area contributed by atoms with Gasteiger partial charge in [0.05, 0.1) is 5.69 Å². The van der Waals surface area contributed by atoms with E-state index in [4.69, 9.17) is 0 Å². The number of hydrogen-bond acceptors (Lipinski definition) is 1. The van der Waals surface area contributed by atoms with Crippen molar-refractivity contribution in [3.8, 4) is 0 Å². The smallest absolute Gasteiger partial charge is 0.242 e. The fourth-order valence-electron chi connectivity index (χ4n) is 0.812. The number of rotatable bonds is 2. The maximum atomic E-state index is 12.8.